The maximum Gasteiger partial charge on any atom is 0.0955 e. The first-order valence-corrected chi connectivity index (χ1v) is 9.97. The molecule has 0 saturated carbocycles. The summed E-state index contributed by atoms with van der Waals surface area (Å²) in [6.45, 7) is 9.94. The lowest BCUT2D eigenvalue weighted by Crippen LogP contribution is -2.63. The van der Waals surface area contributed by atoms with Crippen molar-refractivity contribution in [3.63, 3.8) is 0 Å². The quantitative estimate of drug-likeness (QED) is 0.739. The second-order valence-electron chi connectivity index (χ2n) is 8.68. The molecule has 2 aromatic rings. The van der Waals surface area contributed by atoms with E-state index in [4.69, 9.17) is 0 Å². The van der Waals surface area contributed by atoms with Crippen LogP contribution in [0, 0.1) is 5.92 Å². The van der Waals surface area contributed by atoms with E-state index in [1.807, 2.05) is 18.2 Å². The van der Waals surface area contributed by atoms with Gasteiger partial charge < -0.3 is 5.11 Å². The highest BCUT2D eigenvalue weighted by Gasteiger charge is 2.54. The molecule has 0 aromatic heterocycles. The molecule has 26 heavy (non-hydrogen) atoms. The van der Waals surface area contributed by atoms with E-state index in [1.165, 1.54) is 5.56 Å². The number of hydrogen-bond acceptors (Lipinski definition) is 2. The third-order valence-corrected chi connectivity index (χ3v) is 5.91. The molecule has 3 atom stereocenters. The van der Waals surface area contributed by atoms with Gasteiger partial charge in [-0.1, -0.05) is 80.4 Å². The van der Waals surface area contributed by atoms with Gasteiger partial charge in [0.2, 0.25) is 0 Å². The van der Waals surface area contributed by atoms with Crippen molar-refractivity contribution < 1.29 is 5.11 Å². The van der Waals surface area contributed by atoms with E-state index < -0.39 is 5.60 Å². The highest BCUT2D eigenvalue weighted by atomic mass is 16.3. The Hall–Kier alpha value is -1.64. The molecule has 1 aliphatic rings. The van der Waals surface area contributed by atoms with Crippen molar-refractivity contribution in [1.82, 2.24) is 4.90 Å². The maximum atomic E-state index is 11.9. The van der Waals surface area contributed by atoms with Crippen LogP contribution in [-0.4, -0.2) is 22.1 Å². The first-order valence-electron chi connectivity index (χ1n) is 9.97. The second-order valence-corrected chi connectivity index (χ2v) is 8.68. The fourth-order valence-electron chi connectivity index (χ4n) is 4.39. The van der Waals surface area contributed by atoms with E-state index in [2.05, 4.69) is 75.1 Å². The van der Waals surface area contributed by atoms with Gasteiger partial charge in [0.25, 0.3) is 0 Å². The van der Waals surface area contributed by atoms with Gasteiger partial charge in [-0.25, -0.2) is 0 Å². The lowest BCUT2D eigenvalue weighted by molar-refractivity contribution is -0.164. The van der Waals surface area contributed by atoms with Crippen LogP contribution in [0.15, 0.2) is 60.7 Å². The number of hydrogen-bond donors (Lipinski definition) is 1. The summed E-state index contributed by atoms with van der Waals surface area (Å²) in [5.74, 6) is 0.207. The summed E-state index contributed by atoms with van der Waals surface area (Å²) < 4.78 is 0. The zero-order valence-corrected chi connectivity index (χ0v) is 16.7. The Labute approximate surface area is 158 Å². The molecule has 1 saturated heterocycles. The minimum absolute atomic E-state index is 0.0827. The lowest BCUT2D eigenvalue weighted by Gasteiger charge is -2.59. The summed E-state index contributed by atoms with van der Waals surface area (Å²) >= 11 is 0. The van der Waals surface area contributed by atoms with Gasteiger partial charge in [-0.2, -0.15) is 0 Å². The lowest BCUT2D eigenvalue weighted by atomic mass is 9.66. The summed E-state index contributed by atoms with van der Waals surface area (Å²) in [5.41, 5.74) is 1.68. The molecule has 0 amide bonds. The van der Waals surface area contributed by atoms with Gasteiger partial charge in [0.1, 0.15) is 0 Å². The van der Waals surface area contributed by atoms with E-state index in [9.17, 15) is 5.11 Å². The Balaban J connectivity index is 2.00. The fourth-order valence-corrected chi connectivity index (χ4v) is 4.39. The average molecular weight is 352 g/mol. The topological polar surface area (TPSA) is 23.5 Å². The number of rotatable bonds is 6. The highest BCUT2D eigenvalue weighted by molar-refractivity contribution is 5.31. The molecule has 0 unspecified atom stereocenters. The molecule has 0 spiro atoms. The summed E-state index contributed by atoms with van der Waals surface area (Å²) in [5, 5.41) is 11.9. The Bertz CT molecular complexity index is 691. The summed E-state index contributed by atoms with van der Waals surface area (Å²) in [4.78, 5) is 2.53. The van der Waals surface area contributed by atoms with Crippen molar-refractivity contribution in [3.05, 3.63) is 71.8 Å². The number of nitrogens with zero attached hydrogens (tertiary/aromatic N) is 1. The molecule has 1 fully saturated rings. The maximum absolute atomic E-state index is 11.9. The van der Waals surface area contributed by atoms with Crippen molar-refractivity contribution >= 4 is 0 Å². The Kier molecular flexibility index (Phi) is 5.55. The number of likely N-dealkylation sites (tertiary alicyclic amines) is 1. The van der Waals surface area contributed by atoms with Crippen LogP contribution in [-0.2, 0) is 5.60 Å². The smallest absolute Gasteiger partial charge is 0.0955 e. The van der Waals surface area contributed by atoms with Crippen LogP contribution < -0.4 is 0 Å². The Morgan fingerprint density at radius 3 is 2.08 bits per heavy atom. The van der Waals surface area contributed by atoms with Gasteiger partial charge in [-0.05, 0) is 38.3 Å². The number of aliphatic hydroxyl groups is 1. The van der Waals surface area contributed by atoms with Crippen LogP contribution in [0.2, 0.25) is 0 Å². The van der Waals surface area contributed by atoms with E-state index >= 15 is 0 Å². The first kappa shape index (κ1) is 19.1. The number of benzene rings is 2. The molecule has 0 radical (unpaired) electrons. The molecule has 1 N–H and O–H groups in total. The molecule has 3 rings (SSSR count). The van der Waals surface area contributed by atoms with Gasteiger partial charge >= 0.3 is 0 Å². The van der Waals surface area contributed by atoms with Gasteiger partial charge in [0, 0.05) is 24.0 Å². The monoisotopic (exact) mass is 351 g/mol. The highest BCUT2D eigenvalue weighted by Crippen LogP contribution is 2.52. The molecule has 2 aromatic carbocycles. The van der Waals surface area contributed by atoms with E-state index in [0.717, 1.165) is 31.4 Å². The van der Waals surface area contributed by atoms with Crippen LogP contribution >= 0.6 is 0 Å². The number of unbranched alkanes of at least 4 members (excludes halogenated alkanes) is 1. The van der Waals surface area contributed by atoms with Gasteiger partial charge in [-0.15, -0.1) is 0 Å². The van der Waals surface area contributed by atoms with Crippen molar-refractivity contribution in [2.75, 3.05) is 6.54 Å². The van der Waals surface area contributed by atoms with Crippen LogP contribution in [0.3, 0.4) is 0 Å². The summed E-state index contributed by atoms with van der Waals surface area (Å²) in [6.07, 6.45) is 2.96. The molecular formula is C24H33NO. The Morgan fingerprint density at radius 1 is 0.962 bits per heavy atom. The fraction of sp³-hybridized carbons (Fsp3) is 0.500. The van der Waals surface area contributed by atoms with Crippen molar-refractivity contribution in [1.29, 1.82) is 0 Å². The zero-order chi connectivity index (χ0) is 18.8. The molecular weight excluding hydrogens is 318 g/mol. The molecule has 2 heteroatoms. The SMILES string of the molecule is CCCC[C@](O)(c1ccccc1)[C@H]1CN(C(C)(C)C)[C@@H]1c1ccccc1. The molecule has 1 heterocycles. The summed E-state index contributed by atoms with van der Waals surface area (Å²) in [6, 6.07) is 21.3. The van der Waals surface area contributed by atoms with E-state index in [1.54, 1.807) is 0 Å². The zero-order valence-electron chi connectivity index (χ0n) is 16.7. The first-order chi connectivity index (χ1) is 12.4. The Morgan fingerprint density at radius 2 is 1.54 bits per heavy atom. The van der Waals surface area contributed by atoms with Gasteiger partial charge in [0.05, 0.1) is 5.60 Å². The van der Waals surface area contributed by atoms with Crippen LogP contribution in [0.5, 0.6) is 0 Å². The van der Waals surface area contributed by atoms with Gasteiger partial charge in [0.15, 0.2) is 0 Å². The predicted octanol–water partition coefficient (Wildman–Crippen LogP) is 5.54. The van der Waals surface area contributed by atoms with Crippen molar-refractivity contribution in [2.45, 2.75) is 64.1 Å². The summed E-state index contributed by atoms with van der Waals surface area (Å²) in [7, 11) is 0. The molecule has 140 valence electrons. The third-order valence-electron chi connectivity index (χ3n) is 5.91. The van der Waals surface area contributed by atoms with E-state index in [0.29, 0.717) is 0 Å². The predicted molar refractivity (Wildman–Crippen MR) is 109 cm³/mol. The van der Waals surface area contributed by atoms with Crippen LogP contribution in [0.25, 0.3) is 0 Å². The molecule has 0 bridgehead atoms. The largest absolute Gasteiger partial charge is 0.385 e. The van der Waals surface area contributed by atoms with Crippen LogP contribution in [0.1, 0.15) is 64.1 Å². The average Bonchev–Trinajstić information content (AvgIpc) is 2.59. The normalized spacial score (nSPS) is 23.3. The molecule has 1 aliphatic heterocycles. The van der Waals surface area contributed by atoms with Gasteiger partial charge in [-0.3, -0.25) is 4.90 Å². The van der Waals surface area contributed by atoms with E-state index in [-0.39, 0.29) is 17.5 Å². The molecule has 0 aliphatic carbocycles. The van der Waals surface area contributed by atoms with Crippen molar-refractivity contribution in [2.24, 2.45) is 5.92 Å². The standard InChI is InChI=1S/C24H33NO/c1-5-6-17-24(26,20-15-11-8-12-16-20)21-18-25(23(2,3)4)22(21)19-13-9-7-10-14-19/h7-16,21-22,26H,5-6,17-18H2,1-4H3/t21-,22+,24-/m0/s1. The minimum atomic E-state index is -0.778. The van der Waals surface area contributed by atoms with Crippen LogP contribution in [0.4, 0.5) is 0 Å². The second kappa shape index (κ2) is 7.54. The van der Waals surface area contributed by atoms with Crippen molar-refractivity contribution in [3.8, 4) is 0 Å². The minimum Gasteiger partial charge on any atom is -0.385 e. The molecule has 2 nitrogen and oxygen atoms in total. The third kappa shape index (κ3) is 3.58.